The normalized spacial score (nSPS) is 26.6. The van der Waals surface area contributed by atoms with Crippen molar-refractivity contribution < 1.29 is 9.53 Å². The molecule has 1 aliphatic carbocycles. The molecule has 1 saturated heterocycles. The second-order valence-electron chi connectivity index (χ2n) is 5.92. The number of ether oxygens (including phenoxy) is 1. The molecular weight excluding hydrogens is 332 g/mol. The Hall–Kier alpha value is -1.07. The fraction of sp³-hybridized carbons (Fsp3) is 0.562. The van der Waals surface area contributed by atoms with Gasteiger partial charge in [0.25, 0.3) is 0 Å². The Kier molecular flexibility index (Phi) is 4.22. The Morgan fingerprint density at radius 1 is 1.33 bits per heavy atom. The van der Waals surface area contributed by atoms with Gasteiger partial charge in [-0.1, -0.05) is 15.9 Å². The highest BCUT2D eigenvalue weighted by Gasteiger charge is 2.42. The number of nitrogens with zero attached hydrogens (tertiary/aromatic N) is 1. The monoisotopic (exact) mass is 352 g/mol. The van der Waals surface area contributed by atoms with Gasteiger partial charge in [0.1, 0.15) is 5.75 Å². The molecule has 1 aliphatic heterocycles. The molecule has 0 bridgehead atoms. The van der Waals surface area contributed by atoms with E-state index < -0.39 is 0 Å². The molecule has 21 heavy (non-hydrogen) atoms. The van der Waals surface area contributed by atoms with Crippen LogP contribution in [-0.4, -0.2) is 30.0 Å². The zero-order valence-corrected chi connectivity index (χ0v) is 13.8. The number of amides is 1. The summed E-state index contributed by atoms with van der Waals surface area (Å²) in [4.78, 5) is 14.6. The van der Waals surface area contributed by atoms with E-state index in [1.54, 1.807) is 7.11 Å². The van der Waals surface area contributed by atoms with Gasteiger partial charge in [-0.05, 0) is 43.9 Å². The lowest BCUT2D eigenvalue weighted by Gasteiger charge is -2.35. The van der Waals surface area contributed by atoms with Crippen LogP contribution < -0.4 is 10.5 Å². The molecule has 0 spiro atoms. The SMILES string of the molecule is COc1ccc(Br)cc1C1C(N)CCCC(=O)N1C1CC1. The first kappa shape index (κ1) is 14.9. The van der Waals surface area contributed by atoms with Gasteiger partial charge in [-0.3, -0.25) is 4.79 Å². The second-order valence-corrected chi connectivity index (χ2v) is 6.84. The van der Waals surface area contributed by atoms with Crippen LogP contribution in [0.4, 0.5) is 0 Å². The van der Waals surface area contributed by atoms with Gasteiger partial charge >= 0.3 is 0 Å². The molecule has 1 aromatic rings. The van der Waals surface area contributed by atoms with E-state index in [0.29, 0.717) is 12.5 Å². The molecule has 1 amide bonds. The van der Waals surface area contributed by atoms with E-state index in [1.165, 1.54) is 0 Å². The molecule has 2 unspecified atom stereocenters. The number of carbonyl (C=O) groups is 1. The highest BCUT2D eigenvalue weighted by atomic mass is 79.9. The summed E-state index contributed by atoms with van der Waals surface area (Å²) in [6.45, 7) is 0. The van der Waals surface area contributed by atoms with Crippen LogP contribution in [0.25, 0.3) is 0 Å². The van der Waals surface area contributed by atoms with Gasteiger partial charge < -0.3 is 15.4 Å². The molecule has 2 fully saturated rings. The minimum absolute atomic E-state index is 0.0414. The van der Waals surface area contributed by atoms with E-state index in [4.69, 9.17) is 10.5 Å². The standard InChI is InChI=1S/C16H21BrN2O2/c1-21-14-8-5-10(17)9-12(14)16-13(18)3-2-4-15(20)19(16)11-6-7-11/h5,8-9,11,13,16H,2-4,6-7,18H2,1H3. The van der Waals surface area contributed by atoms with E-state index in [9.17, 15) is 4.79 Å². The van der Waals surface area contributed by atoms with Crippen LogP contribution in [0.3, 0.4) is 0 Å². The Balaban J connectivity index is 2.06. The summed E-state index contributed by atoms with van der Waals surface area (Å²) in [5.41, 5.74) is 7.45. The van der Waals surface area contributed by atoms with Crippen LogP contribution in [0.5, 0.6) is 5.75 Å². The summed E-state index contributed by atoms with van der Waals surface area (Å²) in [6, 6.07) is 6.16. The zero-order chi connectivity index (χ0) is 15.0. The van der Waals surface area contributed by atoms with E-state index in [0.717, 1.165) is 41.5 Å². The summed E-state index contributed by atoms with van der Waals surface area (Å²) in [6.07, 6.45) is 4.53. The first-order valence-corrected chi connectivity index (χ1v) is 8.31. The van der Waals surface area contributed by atoms with Gasteiger partial charge in [0.15, 0.2) is 0 Å². The first-order valence-electron chi connectivity index (χ1n) is 7.52. The fourth-order valence-electron chi connectivity index (χ4n) is 3.24. The summed E-state index contributed by atoms with van der Waals surface area (Å²) < 4.78 is 6.50. The van der Waals surface area contributed by atoms with Gasteiger partial charge in [0, 0.05) is 28.5 Å². The Morgan fingerprint density at radius 2 is 2.10 bits per heavy atom. The predicted molar refractivity (Wildman–Crippen MR) is 85.1 cm³/mol. The van der Waals surface area contributed by atoms with E-state index in [2.05, 4.69) is 15.9 Å². The maximum absolute atomic E-state index is 12.5. The van der Waals surface area contributed by atoms with Crippen molar-refractivity contribution >= 4 is 21.8 Å². The number of likely N-dealkylation sites (tertiary alicyclic amines) is 1. The van der Waals surface area contributed by atoms with Gasteiger partial charge in [0.05, 0.1) is 13.2 Å². The second kappa shape index (κ2) is 5.97. The molecule has 2 aliphatic rings. The zero-order valence-electron chi connectivity index (χ0n) is 12.2. The van der Waals surface area contributed by atoms with E-state index >= 15 is 0 Å². The van der Waals surface area contributed by atoms with Crippen molar-refractivity contribution in [2.24, 2.45) is 5.73 Å². The minimum Gasteiger partial charge on any atom is -0.496 e. The van der Waals surface area contributed by atoms with Crippen molar-refractivity contribution in [2.45, 2.75) is 50.2 Å². The third-order valence-corrected chi connectivity index (χ3v) is 4.87. The largest absolute Gasteiger partial charge is 0.496 e. The number of carbonyl (C=O) groups excluding carboxylic acids is 1. The van der Waals surface area contributed by atoms with Gasteiger partial charge in [0.2, 0.25) is 5.91 Å². The lowest BCUT2D eigenvalue weighted by Crippen LogP contribution is -2.43. The molecule has 2 atom stereocenters. The molecule has 1 saturated carbocycles. The molecule has 4 nitrogen and oxygen atoms in total. The number of benzene rings is 1. The number of methoxy groups -OCH3 is 1. The Labute approximate surface area is 133 Å². The first-order chi connectivity index (χ1) is 10.1. The van der Waals surface area contributed by atoms with Crippen molar-refractivity contribution in [3.8, 4) is 5.75 Å². The van der Waals surface area contributed by atoms with Crippen molar-refractivity contribution in [3.63, 3.8) is 0 Å². The summed E-state index contributed by atoms with van der Waals surface area (Å²) in [5, 5.41) is 0. The maximum Gasteiger partial charge on any atom is 0.223 e. The minimum atomic E-state index is -0.0834. The predicted octanol–water partition coefficient (Wildman–Crippen LogP) is 3.00. The highest BCUT2D eigenvalue weighted by Crippen LogP contribution is 2.42. The third kappa shape index (κ3) is 2.94. The number of hydrogen-bond donors (Lipinski definition) is 1. The number of rotatable bonds is 3. The fourth-order valence-corrected chi connectivity index (χ4v) is 3.62. The van der Waals surface area contributed by atoms with Crippen LogP contribution in [-0.2, 0) is 4.79 Å². The van der Waals surface area contributed by atoms with Crippen LogP contribution >= 0.6 is 15.9 Å². The smallest absolute Gasteiger partial charge is 0.223 e. The average molecular weight is 353 g/mol. The van der Waals surface area contributed by atoms with Crippen LogP contribution in [0.2, 0.25) is 0 Å². The van der Waals surface area contributed by atoms with Gasteiger partial charge in [-0.25, -0.2) is 0 Å². The Morgan fingerprint density at radius 3 is 2.76 bits per heavy atom. The van der Waals surface area contributed by atoms with Crippen LogP contribution in [0, 0.1) is 0 Å². The number of halogens is 1. The molecule has 3 rings (SSSR count). The molecule has 2 N–H and O–H groups in total. The van der Waals surface area contributed by atoms with Crippen molar-refractivity contribution in [1.29, 1.82) is 0 Å². The molecule has 0 radical (unpaired) electrons. The highest BCUT2D eigenvalue weighted by molar-refractivity contribution is 9.10. The van der Waals surface area contributed by atoms with Crippen molar-refractivity contribution in [3.05, 3.63) is 28.2 Å². The van der Waals surface area contributed by atoms with Gasteiger partial charge in [-0.15, -0.1) is 0 Å². The molecule has 0 aromatic heterocycles. The topological polar surface area (TPSA) is 55.6 Å². The summed E-state index contributed by atoms with van der Waals surface area (Å²) in [7, 11) is 1.66. The Bertz CT molecular complexity index is 545. The summed E-state index contributed by atoms with van der Waals surface area (Å²) >= 11 is 3.52. The summed E-state index contributed by atoms with van der Waals surface area (Å²) in [5.74, 6) is 1.04. The molecule has 114 valence electrons. The van der Waals surface area contributed by atoms with E-state index in [-0.39, 0.29) is 18.0 Å². The molecule has 1 aromatic carbocycles. The lowest BCUT2D eigenvalue weighted by atomic mass is 9.95. The third-order valence-electron chi connectivity index (χ3n) is 4.37. The van der Waals surface area contributed by atoms with Crippen molar-refractivity contribution in [1.82, 2.24) is 4.90 Å². The molecule has 1 heterocycles. The van der Waals surface area contributed by atoms with Gasteiger partial charge in [-0.2, -0.15) is 0 Å². The lowest BCUT2D eigenvalue weighted by molar-refractivity contribution is -0.134. The number of hydrogen-bond acceptors (Lipinski definition) is 3. The van der Waals surface area contributed by atoms with Crippen LogP contribution in [0.1, 0.15) is 43.7 Å². The number of nitrogens with two attached hydrogens (primary N) is 1. The molecular formula is C16H21BrN2O2. The maximum atomic E-state index is 12.5. The van der Waals surface area contributed by atoms with Crippen LogP contribution in [0.15, 0.2) is 22.7 Å². The van der Waals surface area contributed by atoms with E-state index in [1.807, 2.05) is 23.1 Å². The quantitative estimate of drug-likeness (QED) is 0.909. The average Bonchev–Trinajstić information content (AvgIpc) is 3.28. The van der Waals surface area contributed by atoms with Crippen molar-refractivity contribution in [2.75, 3.05) is 7.11 Å². The molecule has 5 heteroatoms.